The monoisotopic (exact) mass is 471 g/mol. The number of likely N-dealkylation sites (tertiary alicyclic amines) is 1. The molecule has 186 valence electrons. The molecule has 3 aliphatic heterocycles. The Morgan fingerprint density at radius 1 is 1.00 bits per heavy atom. The number of carbonyl (C=O) groups is 2. The van der Waals surface area contributed by atoms with Crippen molar-refractivity contribution in [2.75, 3.05) is 37.7 Å². The van der Waals surface area contributed by atoms with Gasteiger partial charge in [-0.2, -0.15) is 0 Å². The SMILES string of the molecule is O=C(N[C@@H]1CCCN(C(=O)C2CCC2)[C@@H]1COC1CCN(c2ncccn2)CC1)[C@@H]1CCCO1. The van der Waals surface area contributed by atoms with Gasteiger partial charge in [-0.15, -0.1) is 0 Å². The number of amides is 2. The van der Waals surface area contributed by atoms with Gasteiger partial charge in [-0.25, -0.2) is 9.97 Å². The molecule has 4 aliphatic rings. The smallest absolute Gasteiger partial charge is 0.249 e. The van der Waals surface area contributed by atoms with E-state index in [2.05, 4.69) is 20.2 Å². The zero-order valence-corrected chi connectivity index (χ0v) is 19.9. The van der Waals surface area contributed by atoms with Gasteiger partial charge < -0.3 is 24.6 Å². The molecular weight excluding hydrogens is 434 g/mol. The van der Waals surface area contributed by atoms with E-state index >= 15 is 0 Å². The molecule has 9 nitrogen and oxygen atoms in total. The molecule has 0 bridgehead atoms. The van der Waals surface area contributed by atoms with Crippen LogP contribution >= 0.6 is 0 Å². The molecule has 1 saturated carbocycles. The molecule has 2 amide bonds. The lowest BCUT2D eigenvalue weighted by molar-refractivity contribution is -0.147. The van der Waals surface area contributed by atoms with Crippen LogP contribution in [0, 0.1) is 5.92 Å². The van der Waals surface area contributed by atoms with E-state index in [1.165, 1.54) is 0 Å². The quantitative estimate of drug-likeness (QED) is 0.649. The fraction of sp³-hybridized carbons (Fsp3) is 0.760. The minimum atomic E-state index is -0.358. The first-order chi connectivity index (χ1) is 16.7. The summed E-state index contributed by atoms with van der Waals surface area (Å²) in [4.78, 5) is 39.0. The Hall–Kier alpha value is -2.26. The second-order valence-electron chi connectivity index (χ2n) is 10.1. The average Bonchev–Trinajstić information content (AvgIpc) is 3.38. The van der Waals surface area contributed by atoms with Crippen LogP contribution in [0.5, 0.6) is 0 Å². The molecule has 0 aromatic carbocycles. The standard InChI is InChI=1S/C25H37N5O4/c31-23(22-8-3-16-33-22)28-20-7-2-13-30(24(32)18-5-1-6-18)21(20)17-34-19-9-14-29(15-10-19)25-26-11-4-12-27-25/h4,11-12,18-22H,1-3,5-10,13-17H2,(H,28,31)/t20-,21-,22+/m1/s1. The van der Waals surface area contributed by atoms with E-state index in [4.69, 9.17) is 9.47 Å². The maximum atomic E-state index is 13.2. The van der Waals surface area contributed by atoms with Gasteiger partial charge in [0.25, 0.3) is 0 Å². The van der Waals surface area contributed by atoms with Crippen molar-refractivity contribution in [3.05, 3.63) is 18.5 Å². The molecule has 1 N–H and O–H groups in total. The molecule has 34 heavy (non-hydrogen) atoms. The van der Waals surface area contributed by atoms with E-state index in [1.807, 2.05) is 11.0 Å². The third-order valence-electron chi connectivity index (χ3n) is 7.85. The van der Waals surface area contributed by atoms with Crippen molar-refractivity contribution in [1.29, 1.82) is 0 Å². The maximum Gasteiger partial charge on any atom is 0.249 e. The van der Waals surface area contributed by atoms with Crippen molar-refractivity contribution in [1.82, 2.24) is 20.2 Å². The first-order valence-electron chi connectivity index (χ1n) is 13.0. The predicted molar refractivity (Wildman–Crippen MR) is 126 cm³/mol. The van der Waals surface area contributed by atoms with E-state index in [1.54, 1.807) is 12.4 Å². The molecule has 3 atom stereocenters. The summed E-state index contributed by atoms with van der Waals surface area (Å²) >= 11 is 0. The summed E-state index contributed by atoms with van der Waals surface area (Å²) in [5.74, 6) is 1.11. The summed E-state index contributed by atoms with van der Waals surface area (Å²) < 4.78 is 12.0. The number of anilines is 1. The molecule has 0 unspecified atom stereocenters. The second kappa shape index (κ2) is 11.0. The Bertz CT molecular complexity index is 822. The van der Waals surface area contributed by atoms with E-state index in [0.29, 0.717) is 13.2 Å². The Labute approximate surface area is 201 Å². The molecule has 5 rings (SSSR count). The fourth-order valence-corrected chi connectivity index (χ4v) is 5.57. The summed E-state index contributed by atoms with van der Waals surface area (Å²) in [6.45, 7) is 3.56. The van der Waals surface area contributed by atoms with Gasteiger partial charge in [0, 0.05) is 44.6 Å². The number of hydrogen-bond acceptors (Lipinski definition) is 7. The van der Waals surface area contributed by atoms with Crippen LogP contribution in [0.1, 0.15) is 57.8 Å². The van der Waals surface area contributed by atoms with Crippen molar-refractivity contribution in [2.24, 2.45) is 5.92 Å². The van der Waals surface area contributed by atoms with Crippen molar-refractivity contribution < 1.29 is 19.1 Å². The van der Waals surface area contributed by atoms with Crippen LogP contribution in [-0.4, -0.2) is 83.8 Å². The lowest BCUT2D eigenvalue weighted by atomic mass is 9.83. The summed E-state index contributed by atoms with van der Waals surface area (Å²) in [6.07, 6.45) is 11.7. The number of rotatable bonds is 7. The normalized spacial score (nSPS) is 28.5. The summed E-state index contributed by atoms with van der Waals surface area (Å²) in [7, 11) is 0. The molecule has 9 heteroatoms. The number of hydrogen-bond donors (Lipinski definition) is 1. The van der Waals surface area contributed by atoms with Crippen molar-refractivity contribution in [2.45, 2.75) is 82.1 Å². The van der Waals surface area contributed by atoms with Crippen LogP contribution in [0.25, 0.3) is 0 Å². The zero-order chi connectivity index (χ0) is 23.3. The molecule has 3 saturated heterocycles. The van der Waals surface area contributed by atoms with Gasteiger partial charge in [-0.1, -0.05) is 6.42 Å². The molecule has 1 aromatic heterocycles. The highest BCUT2D eigenvalue weighted by atomic mass is 16.5. The first kappa shape index (κ1) is 23.5. The summed E-state index contributed by atoms with van der Waals surface area (Å²) in [5.41, 5.74) is 0. The van der Waals surface area contributed by atoms with Crippen LogP contribution in [-0.2, 0) is 19.1 Å². The van der Waals surface area contributed by atoms with E-state index in [9.17, 15) is 9.59 Å². The summed E-state index contributed by atoms with van der Waals surface area (Å²) in [5, 5.41) is 3.22. The van der Waals surface area contributed by atoms with Gasteiger partial charge in [0.15, 0.2) is 0 Å². The minimum Gasteiger partial charge on any atom is -0.376 e. The van der Waals surface area contributed by atoms with Gasteiger partial charge in [0.05, 0.1) is 24.8 Å². The van der Waals surface area contributed by atoms with Crippen molar-refractivity contribution in [3.8, 4) is 0 Å². The van der Waals surface area contributed by atoms with Crippen LogP contribution in [0.15, 0.2) is 18.5 Å². The van der Waals surface area contributed by atoms with Gasteiger partial charge >= 0.3 is 0 Å². The zero-order valence-electron chi connectivity index (χ0n) is 19.9. The Kier molecular flexibility index (Phi) is 7.59. The number of carbonyl (C=O) groups excluding carboxylic acids is 2. The van der Waals surface area contributed by atoms with Crippen molar-refractivity contribution in [3.63, 3.8) is 0 Å². The Morgan fingerprint density at radius 3 is 2.47 bits per heavy atom. The van der Waals surface area contributed by atoms with Crippen molar-refractivity contribution >= 4 is 17.8 Å². The minimum absolute atomic E-state index is 0.0402. The van der Waals surface area contributed by atoms with Crippen LogP contribution < -0.4 is 10.2 Å². The van der Waals surface area contributed by atoms with Gasteiger partial charge in [-0.05, 0) is 57.4 Å². The molecule has 4 heterocycles. The van der Waals surface area contributed by atoms with Gasteiger partial charge in [-0.3, -0.25) is 9.59 Å². The highest BCUT2D eigenvalue weighted by Crippen LogP contribution is 2.31. The molecule has 0 radical (unpaired) electrons. The number of nitrogens with zero attached hydrogens (tertiary/aromatic N) is 4. The highest BCUT2D eigenvalue weighted by molar-refractivity contribution is 5.82. The third kappa shape index (κ3) is 5.35. The fourth-order valence-electron chi connectivity index (χ4n) is 5.57. The number of aromatic nitrogens is 2. The van der Waals surface area contributed by atoms with E-state index in [-0.39, 0.29) is 42.0 Å². The lowest BCUT2D eigenvalue weighted by Gasteiger charge is -2.44. The summed E-state index contributed by atoms with van der Waals surface area (Å²) in [6, 6.07) is 1.61. The first-order valence-corrected chi connectivity index (χ1v) is 13.0. The Balaban J connectivity index is 1.20. The predicted octanol–water partition coefficient (Wildman–Crippen LogP) is 1.92. The molecular formula is C25H37N5O4. The van der Waals surface area contributed by atoms with E-state index < -0.39 is 0 Å². The number of ether oxygens (including phenoxy) is 2. The maximum absolute atomic E-state index is 13.2. The van der Waals surface area contributed by atoms with Gasteiger partial charge in [0.1, 0.15) is 6.10 Å². The molecule has 4 fully saturated rings. The highest BCUT2D eigenvalue weighted by Gasteiger charge is 2.40. The molecule has 1 aliphatic carbocycles. The van der Waals surface area contributed by atoms with E-state index in [0.717, 1.165) is 83.4 Å². The molecule has 0 spiro atoms. The average molecular weight is 472 g/mol. The molecule has 1 aromatic rings. The number of nitrogens with one attached hydrogen (secondary N) is 1. The van der Waals surface area contributed by atoms with Gasteiger partial charge in [0.2, 0.25) is 17.8 Å². The topological polar surface area (TPSA) is 96.9 Å². The Morgan fingerprint density at radius 2 is 1.79 bits per heavy atom. The largest absolute Gasteiger partial charge is 0.376 e. The number of piperidine rings is 2. The second-order valence-corrected chi connectivity index (χ2v) is 10.1. The third-order valence-corrected chi connectivity index (χ3v) is 7.85. The lowest BCUT2D eigenvalue weighted by Crippen LogP contribution is -2.61. The van der Waals surface area contributed by atoms with Crippen LogP contribution in [0.2, 0.25) is 0 Å². The van der Waals surface area contributed by atoms with Crippen LogP contribution in [0.4, 0.5) is 5.95 Å². The van der Waals surface area contributed by atoms with Crippen LogP contribution in [0.3, 0.4) is 0 Å².